The highest BCUT2D eigenvalue weighted by molar-refractivity contribution is 7.89. The number of benzene rings is 1. The van der Waals surface area contributed by atoms with Gasteiger partial charge in [-0.2, -0.15) is 4.31 Å². The van der Waals surface area contributed by atoms with Crippen molar-refractivity contribution in [1.82, 2.24) is 4.31 Å². The van der Waals surface area contributed by atoms with Crippen LogP contribution in [-0.4, -0.2) is 55.2 Å². The van der Waals surface area contributed by atoms with Gasteiger partial charge in [-0.3, -0.25) is 4.21 Å². The summed E-state index contributed by atoms with van der Waals surface area (Å²) in [6.45, 7) is 2.45. The van der Waals surface area contributed by atoms with Crippen molar-refractivity contribution in [3.05, 3.63) is 18.2 Å². The molecule has 0 saturated heterocycles. The summed E-state index contributed by atoms with van der Waals surface area (Å²) < 4.78 is 48.8. The van der Waals surface area contributed by atoms with Crippen LogP contribution in [0.4, 0.5) is 0 Å². The smallest absolute Gasteiger partial charge is 0.246 e. The zero-order valence-corrected chi connectivity index (χ0v) is 13.9. The van der Waals surface area contributed by atoms with E-state index in [1.807, 2.05) is 0 Å². The van der Waals surface area contributed by atoms with Crippen LogP contribution in [0.15, 0.2) is 23.1 Å². The van der Waals surface area contributed by atoms with E-state index in [1.165, 1.54) is 17.4 Å². The van der Waals surface area contributed by atoms with E-state index in [9.17, 15) is 12.6 Å². The van der Waals surface area contributed by atoms with Crippen LogP contribution in [0, 0.1) is 0 Å². The fourth-order valence-corrected chi connectivity index (χ4v) is 4.59. The number of hydrogen-bond donors (Lipinski definition) is 0. The van der Waals surface area contributed by atoms with Gasteiger partial charge in [-0.25, -0.2) is 8.42 Å². The van der Waals surface area contributed by atoms with Crippen LogP contribution >= 0.6 is 0 Å². The molecule has 1 aliphatic heterocycles. The molecule has 118 valence electrons. The highest BCUT2D eigenvalue weighted by Gasteiger charge is 2.31. The molecule has 1 aromatic carbocycles. The van der Waals surface area contributed by atoms with E-state index in [0.717, 1.165) is 0 Å². The highest BCUT2D eigenvalue weighted by atomic mass is 32.2. The van der Waals surface area contributed by atoms with Gasteiger partial charge in [-0.1, -0.05) is 6.07 Å². The van der Waals surface area contributed by atoms with Gasteiger partial charge in [0.05, 0.1) is 0 Å². The third-order valence-electron chi connectivity index (χ3n) is 3.28. The molecule has 2 rings (SSSR count). The Hall–Kier alpha value is -1.12. The fourth-order valence-electron chi connectivity index (χ4n) is 2.09. The van der Waals surface area contributed by atoms with Crippen molar-refractivity contribution < 1.29 is 22.1 Å². The Bertz CT molecular complexity index is 644. The summed E-state index contributed by atoms with van der Waals surface area (Å²) in [6.07, 6.45) is 1.55. The minimum Gasteiger partial charge on any atom is -0.486 e. The van der Waals surface area contributed by atoms with Crippen molar-refractivity contribution in [2.45, 2.75) is 17.9 Å². The number of nitrogens with zero attached hydrogens (tertiary/aromatic N) is 1. The topological polar surface area (TPSA) is 72.9 Å². The molecule has 0 radical (unpaired) electrons. The summed E-state index contributed by atoms with van der Waals surface area (Å²) in [5, 5.41) is 0. The van der Waals surface area contributed by atoms with Crippen LogP contribution in [-0.2, 0) is 20.8 Å². The first kappa shape index (κ1) is 16.3. The van der Waals surface area contributed by atoms with E-state index in [-0.39, 0.29) is 22.4 Å². The third-order valence-corrected chi connectivity index (χ3v) is 6.23. The van der Waals surface area contributed by atoms with Gasteiger partial charge < -0.3 is 9.47 Å². The lowest BCUT2D eigenvalue weighted by atomic mass is 10.3. The fraction of sp³-hybridized carbons (Fsp3) is 0.538. The predicted octanol–water partition coefficient (Wildman–Crippen LogP) is 0.845. The van der Waals surface area contributed by atoms with Gasteiger partial charge in [0.15, 0.2) is 11.5 Å². The van der Waals surface area contributed by atoms with E-state index in [0.29, 0.717) is 19.0 Å². The molecule has 0 N–H and O–H groups in total. The normalized spacial score (nSPS) is 17.5. The number of ether oxygens (including phenoxy) is 2. The Labute approximate surface area is 127 Å². The zero-order valence-electron chi connectivity index (χ0n) is 12.2. The lowest BCUT2D eigenvalue weighted by Gasteiger charge is -2.26. The lowest BCUT2D eigenvalue weighted by Crippen LogP contribution is -2.38. The number of para-hydroxylation sites is 1. The molecule has 0 aliphatic carbocycles. The first-order valence-electron chi connectivity index (χ1n) is 6.50. The first-order valence-corrected chi connectivity index (χ1v) is 9.67. The molecular weight excluding hydrogens is 314 g/mol. The third kappa shape index (κ3) is 3.38. The molecule has 0 fully saturated rings. The van der Waals surface area contributed by atoms with Crippen molar-refractivity contribution in [2.75, 3.05) is 32.3 Å². The maximum Gasteiger partial charge on any atom is 0.246 e. The second-order valence-corrected chi connectivity index (χ2v) is 8.34. The Kier molecular flexibility index (Phi) is 4.90. The molecule has 0 amide bonds. The van der Waals surface area contributed by atoms with Gasteiger partial charge in [-0.15, -0.1) is 0 Å². The van der Waals surface area contributed by atoms with E-state index in [1.54, 1.807) is 25.3 Å². The van der Waals surface area contributed by atoms with Gasteiger partial charge in [0.2, 0.25) is 10.0 Å². The Morgan fingerprint density at radius 2 is 2.00 bits per heavy atom. The van der Waals surface area contributed by atoms with Crippen molar-refractivity contribution >= 4 is 20.8 Å². The molecule has 1 heterocycles. The molecule has 2 atom stereocenters. The summed E-state index contributed by atoms with van der Waals surface area (Å²) in [5.74, 6) is 0.963. The predicted molar refractivity (Wildman–Crippen MR) is 80.8 cm³/mol. The second kappa shape index (κ2) is 6.33. The summed E-state index contributed by atoms with van der Waals surface area (Å²) in [6, 6.07) is 4.42. The Balaban J connectivity index is 2.38. The Morgan fingerprint density at radius 1 is 1.33 bits per heavy atom. The number of hydrogen-bond acceptors (Lipinski definition) is 5. The maximum absolute atomic E-state index is 12.7. The number of sulfonamides is 1. The summed E-state index contributed by atoms with van der Waals surface area (Å²) in [7, 11) is -3.32. The molecule has 0 bridgehead atoms. The average Bonchev–Trinajstić information content (AvgIpc) is 2.45. The first-order chi connectivity index (χ1) is 9.84. The summed E-state index contributed by atoms with van der Waals surface area (Å²) in [4.78, 5) is 0.0796. The molecule has 8 heteroatoms. The minimum absolute atomic E-state index is 0.0796. The largest absolute Gasteiger partial charge is 0.486 e. The molecule has 21 heavy (non-hydrogen) atoms. The van der Waals surface area contributed by atoms with Gasteiger partial charge >= 0.3 is 0 Å². The molecular formula is C13H19NO5S2. The number of rotatable bonds is 5. The molecule has 6 nitrogen and oxygen atoms in total. The SMILES string of the molecule is CC(CS(C)=O)N(C)S(=O)(=O)c1cccc2c1OCCO2. The molecule has 0 aromatic heterocycles. The second-order valence-electron chi connectivity index (χ2n) is 4.89. The molecule has 0 spiro atoms. The van der Waals surface area contributed by atoms with Crippen molar-refractivity contribution in [2.24, 2.45) is 0 Å². The van der Waals surface area contributed by atoms with Crippen LogP contribution in [0.1, 0.15) is 6.92 Å². The van der Waals surface area contributed by atoms with E-state index < -0.39 is 20.8 Å². The Morgan fingerprint density at radius 3 is 2.67 bits per heavy atom. The summed E-state index contributed by atoms with van der Waals surface area (Å²) in [5.41, 5.74) is 0. The summed E-state index contributed by atoms with van der Waals surface area (Å²) >= 11 is 0. The van der Waals surface area contributed by atoms with Crippen LogP contribution in [0.5, 0.6) is 11.5 Å². The van der Waals surface area contributed by atoms with Crippen LogP contribution < -0.4 is 9.47 Å². The minimum atomic E-state index is -3.73. The standard InChI is InChI=1S/C13H19NO5S2/c1-10(9-20(3)15)14(2)21(16,17)12-6-4-5-11-13(12)19-8-7-18-11/h4-6,10H,7-9H2,1-3H3. The van der Waals surface area contributed by atoms with Gasteiger partial charge in [0.25, 0.3) is 0 Å². The van der Waals surface area contributed by atoms with Gasteiger partial charge in [-0.05, 0) is 19.1 Å². The molecule has 1 aromatic rings. The van der Waals surface area contributed by atoms with E-state index in [4.69, 9.17) is 9.47 Å². The monoisotopic (exact) mass is 333 g/mol. The van der Waals surface area contributed by atoms with E-state index in [2.05, 4.69) is 0 Å². The zero-order chi connectivity index (χ0) is 15.6. The molecule has 2 unspecified atom stereocenters. The molecule has 1 aliphatic rings. The highest BCUT2D eigenvalue weighted by Crippen LogP contribution is 2.37. The van der Waals surface area contributed by atoms with Crippen molar-refractivity contribution in [3.8, 4) is 11.5 Å². The van der Waals surface area contributed by atoms with Crippen LogP contribution in [0.2, 0.25) is 0 Å². The quantitative estimate of drug-likeness (QED) is 0.798. The number of fused-ring (bicyclic) bond motifs is 1. The van der Waals surface area contributed by atoms with Crippen molar-refractivity contribution in [3.63, 3.8) is 0 Å². The van der Waals surface area contributed by atoms with Gasteiger partial charge in [0.1, 0.15) is 18.1 Å². The molecule has 0 saturated carbocycles. The average molecular weight is 333 g/mol. The van der Waals surface area contributed by atoms with Crippen molar-refractivity contribution in [1.29, 1.82) is 0 Å². The van der Waals surface area contributed by atoms with Crippen LogP contribution in [0.3, 0.4) is 0 Å². The van der Waals surface area contributed by atoms with Crippen LogP contribution in [0.25, 0.3) is 0 Å². The maximum atomic E-state index is 12.7. The van der Waals surface area contributed by atoms with E-state index >= 15 is 0 Å². The van der Waals surface area contributed by atoms with Gasteiger partial charge in [0, 0.05) is 35.9 Å². The lowest BCUT2D eigenvalue weighted by molar-refractivity contribution is 0.166.